The summed E-state index contributed by atoms with van der Waals surface area (Å²) in [5.41, 5.74) is 5.01. The average molecular weight is 464 g/mol. The number of hydrogen-bond donors (Lipinski definition) is 1. The van der Waals surface area contributed by atoms with E-state index in [2.05, 4.69) is 14.9 Å². The highest BCUT2D eigenvalue weighted by molar-refractivity contribution is 5.69. The van der Waals surface area contributed by atoms with Crippen LogP contribution in [0.5, 0.6) is 0 Å². The predicted molar refractivity (Wildman–Crippen MR) is 117 cm³/mol. The van der Waals surface area contributed by atoms with Crippen molar-refractivity contribution in [2.24, 2.45) is 5.41 Å². The Labute approximate surface area is 189 Å². The van der Waals surface area contributed by atoms with Gasteiger partial charge in [0.2, 0.25) is 5.95 Å². The average Bonchev–Trinajstić information content (AvgIpc) is 3.27. The summed E-state index contributed by atoms with van der Waals surface area (Å²) < 4.78 is 52.5. The Morgan fingerprint density at radius 2 is 1.67 bits per heavy atom. The van der Waals surface area contributed by atoms with Crippen molar-refractivity contribution < 1.29 is 22.6 Å². The standard InChI is InChI=1S/C22H27F3N6O2/c23-22(24,25)16-11-18(26)27-13-15(16)17-12-19(29-20(28-17)31-6-9-32-10-7-31)30-4-1-21(2-5-30)3-8-33-14-21/h11-13H,1-10,14H2,(H2,26,27). The number of alkyl halides is 3. The van der Waals surface area contributed by atoms with Crippen molar-refractivity contribution in [2.45, 2.75) is 25.4 Å². The first kappa shape index (κ1) is 22.1. The number of aromatic nitrogens is 3. The van der Waals surface area contributed by atoms with Gasteiger partial charge in [-0.2, -0.15) is 18.2 Å². The fraction of sp³-hybridized carbons (Fsp3) is 0.591. The maximum Gasteiger partial charge on any atom is 0.417 e. The van der Waals surface area contributed by atoms with Gasteiger partial charge in [-0.15, -0.1) is 0 Å². The molecule has 3 aliphatic rings. The van der Waals surface area contributed by atoms with Crippen LogP contribution >= 0.6 is 0 Å². The predicted octanol–water partition coefficient (Wildman–Crippen LogP) is 2.98. The molecule has 0 radical (unpaired) electrons. The van der Waals surface area contributed by atoms with E-state index in [4.69, 9.17) is 20.2 Å². The zero-order valence-corrected chi connectivity index (χ0v) is 18.3. The third-order valence-corrected chi connectivity index (χ3v) is 6.83. The van der Waals surface area contributed by atoms with Gasteiger partial charge in [0.05, 0.1) is 31.1 Å². The van der Waals surface area contributed by atoms with E-state index in [1.54, 1.807) is 6.07 Å². The van der Waals surface area contributed by atoms with Crippen molar-refractivity contribution in [3.8, 4) is 11.3 Å². The second-order valence-corrected chi connectivity index (χ2v) is 8.95. The van der Waals surface area contributed by atoms with E-state index in [1.807, 2.05) is 4.90 Å². The molecule has 2 aromatic heterocycles. The monoisotopic (exact) mass is 464 g/mol. The van der Waals surface area contributed by atoms with Crippen molar-refractivity contribution in [3.63, 3.8) is 0 Å². The lowest BCUT2D eigenvalue weighted by molar-refractivity contribution is -0.137. The van der Waals surface area contributed by atoms with Crippen LogP contribution in [0.1, 0.15) is 24.8 Å². The largest absolute Gasteiger partial charge is 0.417 e. The van der Waals surface area contributed by atoms with Crippen LogP contribution in [0.3, 0.4) is 0 Å². The molecule has 178 valence electrons. The number of nitrogen functional groups attached to an aromatic ring is 1. The number of anilines is 3. The molecule has 3 aliphatic heterocycles. The molecular weight excluding hydrogens is 437 g/mol. The maximum absolute atomic E-state index is 13.8. The first-order chi connectivity index (χ1) is 15.8. The molecule has 8 nitrogen and oxygen atoms in total. The molecule has 0 aliphatic carbocycles. The minimum Gasteiger partial charge on any atom is -0.384 e. The van der Waals surface area contributed by atoms with E-state index in [-0.39, 0.29) is 22.5 Å². The summed E-state index contributed by atoms with van der Waals surface area (Å²) in [6.45, 7) is 5.32. The second kappa shape index (κ2) is 8.60. The van der Waals surface area contributed by atoms with Crippen molar-refractivity contribution >= 4 is 17.6 Å². The van der Waals surface area contributed by atoms with Crippen LogP contribution in [0.2, 0.25) is 0 Å². The highest BCUT2D eigenvalue weighted by Crippen LogP contribution is 2.41. The van der Waals surface area contributed by atoms with E-state index in [0.717, 1.165) is 57.8 Å². The van der Waals surface area contributed by atoms with Gasteiger partial charge in [0, 0.05) is 50.6 Å². The molecule has 2 N–H and O–H groups in total. The summed E-state index contributed by atoms with van der Waals surface area (Å²) in [6.07, 6.45) is -0.446. The molecule has 0 saturated carbocycles. The van der Waals surface area contributed by atoms with Crippen LogP contribution in [0.4, 0.5) is 30.8 Å². The van der Waals surface area contributed by atoms with E-state index >= 15 is 0 Å². The van der Waals surface area contributed by atoms with Gasteiger partial charge in [0.1, 0.15) is 11.6 Å². The van der Waals surface area contributed by atoms with E-state index in [0.29, 0.717) is 38.1 Å². The van der Waals surface area contributed by atoms with Crippen molar-refractivity contribution in [3.05, 3.63) is 23.9 Å². The van der Waals surface area contributed by atoms with Crippen LogP contribution < -0.4 is 15.5 Å². The van der Waals surface area contributed by atoms with Gasteiger partial charge in [0.15, 0.2) is 0 Å². The summed E-state index contributed by atoms with van der Waals surface area (Å²) >= 11 is 0. The number of pyridine rings is 1. The Morgan fingerprint density at radius 3 is 2.33 bits per heavy atom. The number of halogens is 3. The summed E-state index contributed by atoms with van der Waals surface area (Å²) in [5.74, 6) is 0.842. The van der Waals surface area contributed by atoms with Crippen LogP contribution in [0, 0.1) is 5.41 Å². The molecule has 0 unspecified atom stereocenters. The molecular formula is C22H27F3N6O2. The third kappa shape index (κ3) is 4.56. The maximum atomic E-state index is 13.8. The number of piperidine rings is 1. The molecule has 1 spiro atoms. The first-order valence-corrected chi connectivity index (χ1v) is 11.2. The Balaban J connectivity index is 1.53. The Morgan fingerprint density at radius 1 is 0.909 bits per heavy atom. The number of ether oxygens (including phenoxy) is 2. The van der Waals surface area contributed by atoms with Gasteiger partial charge in [-0.3, -0.25) is 0 Å². The van der Waals surface area contributed by atoms with Gasteiger partial charge in [-0.25, -0.2) is 9.97 Å². The van der Waals surface area contributed by atoms with Gasteiger partial charge < -0.3 is 25.0 Å². The quantitative estimate of drug-likeness (QED) is 0.742. The molecule has 2 aromatic rings. The number of rotatable bonds is 3. The Hall–Kier alpha value is -2.66. The molecule has 0 atom stereocenters. The molecule has 0 bridgehead atoms. The summed E-state index contributed by atoms with van der Waals surface area (Å²) in [5, 5.41) is 0. The highest BCUT2D eigenvalue weighted by atomic mass is 19.4. The van der Waals surface area contributed by atoms with Gasteiger partial charge in [-0.1, -0.05) is 0 Å². The van der Waals surface area contributed by atoms with Crippen molar-refractivity contribution in [2.75, 3.05) is 68.1 Å². The number of hydrogen-bond acceptors (Lipinski definition) is 8. The highest BCUT2D eigenvalue weighted by Gasteiger charge is 2.39. The SMILES string of the molecule is Nc1cc(C(F)(F)F)c(-c2cc(N3CCC4(CCOC4)CC3)nc(N3CCOCC3)n2)cn1. The van der Waals surface area contributed by atoms with Crippen LogP contribution in [-0.4, -0.2) is 67.6 Å². The van der Waals surface area contributed by atoms with Crippen LogP contribution in [0.15, 0.2) is 18.3 Å². The number of nitrogens with zero attached hydrogens (tertiary/aromatic N) is 5. The minimum absolute atomic E-state index is 0.104. The zero-order chi connectivity index (χ0) is 23.1. The smallest absolute Gasteiger partial charge is 0.384 e. The van der Waals surface area contributed by atoms with E-state index in [1.165, 1.54) is 0 Å². The normalized spacial score (nSPS) is 21.1. The molecule has 0 aromatic carbocycles. The fourth-order valence-electron chi connectivity index (χ4n) is 4.79. The fourth-order valence-corrected chi connectivity index (χ4v) is 4.79. The third-order valence-electron chi connectivity index (χ3n) is 6.83. The van der Waals surface area contributed by atoms with Gasteiger partial charge in [-0.05, 0) is 30.7 Å². The zero-order valence-electron chi connectivity index (χ0n) is 18.3. The summed E-state index contributed by atoms with van der Waals surface area (Å²) in [4.78, 5) is 17.3. The van der Waals surface area contributed by atoms with Crippen molar-refractivity contribution in [1.29, 1.82) is 0 Å². The van der Waals surface area contributed by atoms with Gasteiger partial charge >= 0.3 is 6.18 Å². The van der Waals surface area contributed by atoms with E-state index in [9.17, 15) is 13.2 Å². The van der Waals surface area contributed by atoms with Crippen LogP contribution in [0.25, 0.3) is 11.3 Å². The first-order valence-electron chi connectivity index (χ1n) is 11.2. The molecule has 3 saturated heterocycles. The molecule has 0 amide bonds. The summed E-state index contributed by atoms with van der Waals surface area (Å²) in [6, 6.07) is 2.49. The molecule has 5 heterocycles. The van der Waals surface area contributed by atoms with E-state index < -0.39 is 11.7 Å². The number of morpholine rings is 1. The molecule has 33 heavy (non-hydrogen) atoms. The lowest BCUT2D eigenvalue weighted by atomic mass is 9.78. The summed E-state index contributed by atoms with van der Waals surface area (Å²) in [7, 11) is 0. The lowest BCUT2D eigenvalue weighted by Crippen LogP contribution is -2.41. The van der Waals surface area contributed by atoms with Crippen molar-refractivity contribution in [1.82, 2.24) is 15.0 Å². The Kier molecular flexibility index (Phi) is 5.77. The lowest BCUT2D eigenvalue weighted by Gasteiger charge is -2.39. The van der Waals surface area contributed by atoms with Gasteiger partial charge in [0.25, 0.3) is 0 Å². The van der Waals surface area contributed by atoms with Crippen LogP contribution in [-0.2, 0) is 15.7 Å². The second-order valence-electron chi connectivity index (χ2n) is 8.95. The molecule has 3 fully saturated rings. The Bertz CT molecular complexity index is 996. The number of nitrogens with two attached hydrogens (primary N) is 1. The minimum atomic E-state index is -4.59. The molecule has 5 rings (SSSR count). The topological polar surface area (TPSA) is 89.6 Å². The molecule has 11 heteroatoms.